The summed E-state index contributed by atoms with van der Waals surface area (Å²) >= 11 is 1.58. The molecular weight excluding hydrogens is 338 g/mol. The van der Waals surface area contributed by atoms with Crippen molar-refractivity contribution in [2.75, 3.05) is 13.1 Å². The molecule has 8 heteroatoms. The number of nitrogens with zero attached hydrogens (tertiary/aromatic N) is 2. The SMILES string of the molecule is Cl.NCc1cnc(-c2ccc(O[C@@H]3CCN(C(=O)O)C3)cc2)s1. The van der Waals surface area contributed by atoms with Gasteiger partial charge in [-0.1, -0.05) is 0 Å². The van der Waals surface area contributed by atoms with Gasteiger partial charge in [-0.05, 0) is 24.3 Å². The quantitative estimate of drug-likeness (QED) is 0.880. The molecule has 0 saturated carbocycles. The molecule has 1 aliphatic heterocycles. The molecule has 1 aromatic carbocycles. The zero-order valence-corrected chi connectivity index (χ0v) is 14.0. The smallest absolute Gasteiger partial charge is 0.407 e. The molecule has 1 fully saturated rings. The minimum atomic E-state index is -0.888. The van der Waals surface area contributed by atoms with Crippen LogP contribution in [0.15, 0.2) is 30.5 Å². The molecule has 0 unspecified atom stereocenters. The van der Waals surface area contributed by atoms with Gasteiger partial charge in [-0.25, -0.2) is 9.78 Å². The highest BCUT2D eigenvalue weighted by Crippen LogP contribution is 2.27. The number of halogens is 1. The molecule has 0 spiro atoms. The van der Waals surface area contributed by atoms with Gasteiger partial charge in [0, 0.05) is 36.1 Å². The van der Waals surface area contributed by atoms with Gasteiger partial charge in [0.15, 0.2) is 0 Å². The van der Waals surface area contributed by atoms with E-state index in [-0.39, 0.29) is 18.5 Å². The normalized spacial score (nSPS) is 16.9. The topological polar surface area (TPSA) is 88.7 Å². The van der Waals surface area contributed by atoms with Gasteiger partial charge in [-0.15, -0.1) is 23.7 Å². The van der Waals surface area contributed by atoms with Crippen molar-refractivity contribution >= 4 is 29.8 Å². The second-order valence-corrected chi connectivity index (χ2v) is 6.23. The lowest BCUT2D eigenvalue weighted by Gasteiger charge is -2.14. The molecular formula is C15H18ClN3O3S. The first-order chi connectivity index (χ1) is 10.7. The summed E-state index contributed by atoms with van der Waals surface area (Å²) in [5, 5.41) is 9.87. The Balaban J connectivity index is 0.00000192. The fraction of sp³-hybridized carbons (Fsp3) is 0.333. The second kappa shape index (κ2) is 7.63. The lowest BCUT2D eigenvalue weighted by Crippen LogP contribution is -2.29. The largest absolute Gasteiger partial charge is 0.489 e. The first-order valence-electron chi connectivity index (χ1n) is 7.05. The third kappa shape index (κ3) is 4.13. The van der Waals surface area contributed by atoms with Crippen LogP contribution in [0.25, 0.3) is 10.6 Å². The third-order valence-electron chi connectivity index (χ3n) is 3.57. The lowest BCUT2D eigenvalue weighted by molar-refractivity contribution is 0.145. The number of hydrogen-bond donors (Lipinski definition) is 2. The van der Waals surface area contributed by atoms with Crippen molar-refractivity contribution in [3.05, 3.63) is 35.3 Å². The number of amides is 1. The van der Waals surface area contributed by atoms with E-state index < -0.39 is 6.09 Å². The van der Waals surface area contributed by atoms with Gasteiger partial charge in [-0.3, -0.25) is 0 Å². The molecule has 1 atom stereocenters. The number of ether oxygens (including phenoxy) is 1. The van der Waals surface area contributed by atoms with Gasteiger partial charge >= 0.3 is 6.09 Å². The summed E-state index contributed by atoms with van der Waals surface area (Å²) in [6, 6.07) is 7.70. The fourth-order valence-corrected chi connectivity index (χ4v) is 3.20. The van der Waals surface area contributed by atoms with Crippen LogP contribution in [-0.4, -0.2) is 40.3 Å². The highest BCUT2D eigenvalue weighted by atomic mass is 35.5. The van der Waals surface area contributed by atoms with Gasteiger partial charge in [0.2, 0.25) is 0 Å². The van der Waals surface area contributed by atoms with Gasteiger partial charge in [0.1, 0.15) is 16.9 Å². The van der Waals surface area contributed by atoms with Gasteiger partial charge in [-0.2, -0.15) is 0 Å². The Kier molecular flexibility index (Phi) is 5.81. The average Bonchev–Trinajstić information content (AvgIpc) is 3.17. The van der Waals surface area contributed by atoms with Crippen LogP contribution in [0.2, 0.25) is 0 Å². The van der Waals surface area contributed by atoms with Crippen molar-refractivity contribution in [3.8, 4) is 16.3 Å². The number of benzene rings is 1. The number of rotatable bonds is 4. The number of carbonyl (C=O) groups is 1. The van der Waals surface area contributed by atoms with Crippen LogP contribution in [0.5, 0.6) is 5.75 Å². The fourth-order valence-electron chi connectivity index (χ4n) is 2.40. The highest BCUT2D eigenvalue weighted by Gasteiger charge is 2.27. The summed E-state index contributed by atoms with van der Waals surface area (Å²) in [5.41, 5.74) is 6.62. The van der Waals surface area contributed by atoms with Crippen LogP contribution >= 0.6 is 23.7 Å². The standard InChI is InChI=1S/C15H17N3O3S.ClH/c16-7-13-8-17-14(22-13)10-1-3-11(4-2-10)21-12-5-6-18(9-12)15(19)20;/h1-4,8,12H,5-7,9,16H2,(H,19,20);1H/t12-;/m1./s1. The Labute approximate surface area is 144 Å². The van der Waals surface area contributed by atoms with E-state index in [1.807, 2.05) is 24.3 Å². The van der Waals surface area contributed by atoms with Crippen LogP contribution in [-0.2, 0) is 6.54 Å². The molecule has 1 saturated heterocycles. The van der Waals surface area contributed by atoms with E-state index in [4.69, 9.17) is 15.6 Å². The van der Waals surface area contributed by atoms with Crippen molar-refractivity contribution in [1.82, 2.24) is 9.88 Å². The molecule has 0 radical (unpaired) electrons. The van der Waals surface area contributed by atoms with Crippen LogP contribution in [0, 0.1) is 0 Å². The molecule has 2 aromatic rings. The summed E-state index contributed by atoms with van der Waals surface area (Å²) in [5.74, 6) is 0.747. The summed E-state index contributed by atoms with van der Waals surface area (Å²) in [6.45, 7) is 1.45. The van der Waals surface area contributed by atoms with E-state index in [2.05, 4.69) is 4.98 Å². The molecule has 0 aliphatic carbocycles. The van der Waals surface area contributed by atoms with Crippen molar-refractivity contribution in [1.29, 1.82) is 0 Å². The monoisotopic (exact) mass is 355 g/mol. The number of nitrogens with two attached hydrogens (primary N) is 1. The summed E-state index contributed by atoms with van der Waals surface area (Å²) < 4.78 is 5.83. The van der Waals surface area contributed by atoms with Crippen molar-refractivity contribution in [2.45, 2.75) is 19.1 Å². The Hall–Kier alpha value is -1.83. The zero-order chi connectivity index (χ0) is 15.5. The predicted octanol–water partition coefficient (Wildman–Crippen LogP) is 2.82. The molecule has 1 amide bonds. The summed E-state index contributed by atoms with van der Waals surface area (Å²) in [6.07, 6.45) is 1.55. The molecule has 1 aliphatic rings. The van der Waals surface area contributed by atoms with E-state index in [1.165, 1.54) is 4.90 Å². The first-order valence-corrected chi connectivity index (χ1v) is 7.87. The molecule has 3 rings (SSSR count). The van der Waals surface area contributed by atoms with Crippen molar-refractivity contribution in [3.63, 3.8) is 0 Å². The molecule has 2 heterocycles. The number of thiazole rings is 1. The minimum Gasteiger partial charge on any atom is -0.489 e. The zero-order valence-electron chi connectivity index (χ0n) is 12.3. The number of carboxylic acid groups (broad SMARTS) is 1. The molecule has 6 nitrogen and oxygen atoms in total. The number of aromatic nitrogens is 1. The van der Waals surface area contributed by atoms with Crippen molar-refractivity contribution in [2.24, 2.45) is 5.73 Å². The Morgan fingerprint density at radius 1 is 1.43 bits per heavy atom. The minimum absolute atomic E-state index is 0. The predicted molar refractivity (Wildman–Crippen MR) is 91.3 cm³/mol. The Morgan fingerprint density at radius 3 is 2.74 bits per heavy atom. The first kappa shape index (κ1) is 17.5. The Morgan fingerprint density at radius 2 is 2.17 bits per heavy atom. The van der Waals surface area contributed by atoms with E-state index in [9.17, 15) is 4.79 Å². The molecule has 0 bridgehead atoms. The summed E-state index contributed by atoms with van der Waals surface area (Å²) in [7, 11) is 0. The molecule has 124 valence electrons. The number of hydrogen-bond acceptors (Lipinski definition) is 5. The maximum Gasteiger partial charge on any atom is 0.407 e. The van der Waals surface area contributed by atoms with E-state index in [0.717, 1.165) is 27.6 Å². The van der Waals surface area contributed by atoms with Gasteiger partial charge in [0.05, 0.1) is 6.54 Å². The van der Waals surface area contributed by atoms with E-state index >= 15 is 0 Å². The molecule has 3 N–H and O–H groups in total. The number of likely N-dealkylation sites (tertiary alicyclic amines) is 1. The third-order valence-corrected chi connectivity index (χ3v) is 4.64. The average molecular weight is 356 g/mol. The Bertz CT molecular complexity index is 662. The molecule has 1 aromatic heterocycles. The molecule has 23 heavy (non-hydrogen) atoms. The van der Waals surface area contributed by atoms with E-state index in [1.54, 1.807) is 17.5 Å². The van der Waals surface area contributed by atoms with Crippen LogP contribution in [0.4, 0.5) is 4.79 Å². The van der Waals surface area contributed by atoms with Gasteiger partial charge < -0.3 is 20.5 Å². The van der Waals surface area contributed by atoms with E-state index in [0.29, 0.717) is 19.6 Å². The van der Waals surface area contributed by atoms with Crippen LogP contribution < -0.4 is 10.5 Å². The maximum atomic E-state index is 10.9. The van der Waals surface area contributed by atoms with Crippen LogP contribution in [0.1, 0.15) is 11.3 Å². The highest BCUT2D eigenvalue weighted by molar-refractivity contribution is 7.15. The second-order valence-electron chi connectivity index (χ2n) is 5.12. The summed E-state index contributed by atoms with van der Waals surface area (Å²) in [4.78, 5) is 17.7. The van der Waals surface area contributed by atoms with Gasteiger partial charge in [0.25, 0.3) is 0 Å². The van der Waals surface area contributed by atoms with Crippen LogP contribution in [0.3, 0.4) is 0 Å². The van der Waals surface area contributed by atoms with Crippen molar-refractivity contribution < 1.29 is 14.6 Å². The lowest BCUT2D eigenvalue weighted by atomic mass is 10.2. The maximum absolute atomic E-state index is 10.9.